The van der Waals surface area contributed by atoms with Crippen LogP contribution in [-0.2, 0) is 4.79 Å². The van der Waals surface area contributed by atoms with Gasteiger partial charge in [-0.25, -0.2) is 5.43 Å². The lowest BCUT2D eigenvalue weighted by atomic mass is 9.90. The molecule has 3 rings (SSSR count). The van der Waals surface area contributed by atoms with Crippen molar-refractivity contribution in [3.8, 4) is 5.75 Å². The zero-order valence-electron chi connectivity index (χ0n) is 11.7. The molecule has 2 saturated carbocycles. The van der Waals surface area contributed by atoms with E-state index in [2.05, 4.69) is 17.5 Å². The minimum atomic E-state index is 0.0504. The summed E-state index contributed by atoms with van der Waals surface area (Å²) in [6.45, 7) is 2.23. The first-order valence-corrected chi connectivity index (χ1v) is 7.23. The Kier molecular flexibility index (Phi) is 3.24. The number of carbonyl (C=O) groups excluding carboxylic acids is 1. The van der Waals surface area contributed by atoms with Gasteiger partial charge in [-0.2, -0.15) is 5.10 Å². The first-order chi connectivity index (χ1) is 9.61. The van der Waals surface area contributed by atoms with Gasteiger partial charge in [0, 0.05) is 5.92 Å². The van der Waals surface area contributed by atoms with E-state index in [0.717, 1.165) is 12.0 Å². The van der Waals surface area contributed by atoms with E-state index in [9.17, 15) is 9.90 Å². The van der Waals surface area contributed by atoms with Crippen LogP contribution in [0.5, 0.6) is 5.75 Å². The topological polar surface area (TPSA) is 61.7 Å². The average Bonchev–Trinajstić information content (AvgIpc) is 3.06. The molecule has 0 unspecified atom stereocenters. The number of phenols is 1. The molecule has 3 atom stereocenters. The molecule has 4 nitrogen and oxygen atoms in total. The van der Waals surface area contributed by atoms with Gasteiger partial charge in [0.05, 0.1) is 6.21 Å². The Balaban J connectivity index is 1.56. The molecule has 0 heterocycles. The molecule has 0 aromatic heterocycles. The summed E-state index contributed by atoms with van der Waals surface area (Å²) >= 11 is 0. The fraction of sp³-hybridized carbons (Fsp3) is 0.500. The van der Waals surface area contributed by atoms with Gasteiger partial charge in [-0.1, -0.05) is 19.8 Å². The summed E-state index contributed by atoms with van der Waals surface area (Å²) in [5, 5.41) is 13.2. The lowest BCUT2D eigenvalue weighted by Gasteiger charge is -2.15. The number of hydrogen-bond acceptors (Lipinski definition) is 3. The summed E-state index contributed by atoms with van der Waals surface area (Å²) in [6, 6.07) is 6.70. The van der Waals surface area contributed by atoms with Crippen molar-refractivity contribution in [3.63, 3.8) is 0 Å². The smallest absolute Gasteiger partial charge is 0.244 e. The van der Waals surface area contributed by atoms with Crippen LogP contribution in [0.15, 0.2) is 29.4 Å². The van der Waals surface area contributed by atoms with E-state index in [-0.39, 0.29) is 23.0 Å². The van der Waals surface area contributed by atoms with Crippen LogP contribution in [0, 0.1) is 17.3 Å². The average molecular weight is 272 g/mol. The third-order valence-corrected chi connectivity index (χ3v) is 4.90. The van der Waals surface area contributed by atoms with Gasteiger partial charge in [-0.15, -0.1) is 0 Å². The van der Waals surface area contributed by atoms with Gasteiger partial charge in [0.15, 0.2) is 0 Å². The molecule has 106 valence electrons. The molecule has 1 amide bonds. The molecule has 1 aromatic carbocycles. The molecule has 0 spiro atoms. The van der Waals surface area contributed by atoms with Crippen LogP contribution in [-0.4, -0.2) is 17.2 Å². The molecule has 2 N–H and O–H groups in total. The Labute approximate surface area is 118 Å². The Morgan fingerprint density at radius 1 is 1.40 bits per heavy atom. The van der Waals surface area contributed by atoms with Crippen molar-refractivity contribution in [1.82, 2.24) is 5.43 Å². The third-order valence-electron chi connectivity index (χ3n) is 4.90. The highest BCUT2D eigenvalue weighted by Crippen LogP contribution is 2.66. The zero-order valence-corrected chi connectivity index (χ0v) is 11.7. The lowest BCUT2D eigenvalue weighted by Crippen LogP contribution is -2.22. The molecule has 0 aliphatic heterocycles. The Morgan fingerprint density at radius 3 is 2.80 bits per heavy atom. The largest absolute Gasteiger partial charge is 0.508 e. The number of nitrogens with zero attached hydrogens (tertiary/aromatic N) is 1. The number of hydrazone groups is 1. The molecule has 0 saturated heterocycles. The normalized spacial score (nSPS) is 31.9. The monoisotopic (exact) mass is 272 g/mol. The third kappa shape index (κ3) is 2.30. The van der Waals surface area contributed by atoms with Gasteiger partial charge in [-0.05, 0) is 54.0 Å². The molecule has 0 radical (unpaired) electrons. The zero-order chi connectivity index (χ0) is 14.2. The molecule has 4 heteroatoms. The number of phenolic OH excluding ortho intramolecular Hbond substituents is 1. The number of hydrogen-bond donors (Lipinski definition) is 2. The quantitative estimate of drug-likeness (QED) is 0.656. The number of nitrogens with one attached hydrogen (secondary N) is 1. The maximum absolute atomic E-state index is 12.2. The van der Waals surface area contributed by atoms with E-state index in [4.69, 9.17) is 0 Å². The van der Waals surface area contributed by atoms with Crippen molar-refractivity contribution in [3.05, 3.63) is 29.8 Å². The second-order valence-corrected chi connectivity index (χ2v) is 6.16. The maximum Gasteiger partial charge on any atom is 0.244 e. The Hall–Kier alpha value is -1.84. The van der Waals surface area contributed by atoms with Crippen LogP contribution < -0.4 is 5.43 Å². The number of carbonyl (C=O) groups is 1. The fourth-order valence-corrected chi connectivity index (χ4v) is 3.65. The summed E-state index contributed by atoms with van der Waals surface area (Å²) in [6.07, 6.45) is 6.44. The summed E-state index contributed by atoms with van der Waals surface area (Å²) in [5.41, 5.74) is 3.73. The summed E-state index contributed by atoms with van der Waals surface area (Å²) in [4.78, 5) is 12.2. The second-order valence-electron chi connectivity index (χ2n) is 6.16. The summed E-state index contributed by atoms with van der Waals surface area (Å²) in [5.74, 6) is 0.970. The van der Waals surface area contributed by atoms with Crippen molar-refractivity contribution >= 4 is 12.1 Å². The summed E-state index contributed by atoms with van der Waals surface area (Å²) < 4.78 is 0. The highest BCUT2D eigenvalue weighted by Gasteiger charge is 2.64. The fourth-order valence-electron chi connectivity index (χ4n) is 3.65. The number of fused-ring (bicyclic) bond motifs is 1. The Bertz CT molecular complexity index is 538. The van der Waals surface area contributed by atoms with Gasteiger partial charge < -0.3 is 5.11 Å². The van der Waals surface area contributed by atoms with E-state index in [1.165, 1.54) is 19.3 Å². The molecule has 1 aromatic rings. The van der Waals surface area contributed by atoms with Gasteiger partial charge in [0.25, 0.3) is 0 Å². The van der Waals surface area contributed by atoms with E-state index in [1.807, 2.05) is 0 Å². The first kappa shape index (κ1) is 13.2. The van der Waals surface area contributed by atoms with Crippen LogP contribution in [0.1, 0.15) is 38.2 Å². The van der Waals surface area contributed by atoms with Crippen LogP contribution in [0.25, 0.3) is 0 Å². The Morgan fingerprint density at radius 2 is 2.15 bits per heavy atom. The molecule has 2 fully saturated rings. The molecule has 20 heavy (non-hydrogen) atoms. The van der Waals surface area contributed by atoms with E-state index >= 15 is 0 Å². The van der Waals surface area contributed by atoms with Crippen molar-refractivity contribution in [1.29, 1.82) is 0 Å². The predicted octanol–water partition coefficient (Wildman–Crippen LogP) is 2.67. The number of rotatable bonds is 3. The van der Waals surface area contributed by atoms with E-state index < -0.39 is 0 Å². The molecular weight excluding hydrogens is 252 g/mol. The minimum Gasteiger partial charge on any atom is -0.508 e. The van der Waals surface area contributed by atoms with Gasteiger partial charge >= 0.3 is 0 Å². The van der Waals surface area contributed by atoms with E-state index in [0.29, 0.717) is 5.92 Å². The van der Waals surface area contributed by atoms with Crippen molar-refractivity contribution in [2.75, 3.05) is 0 Å². The molecule has 2 aliphatic rings. The van der Waals surface area contributed by atoms with Crippen LogP contribution >= 0.6 is 0 Å². The predicted molar refractivity (Wildman–Crippen MR) is 77.4 cm³/mol. The van der Waals surface area contributed by atoms with E-state index in [1.54, 1.807) is 30.5 Å². The maximum atomic E-state index is 12.2. The highest BCUT2D eigenvalue weighted by molar-refractivity contribution is 5.85. The summed E-state index contributed by atoms with van der Waals surface area (Å²) in [7, 11) is 0. The minimum absolute atomic E-state index is 0.0504. The molecular formula is C16H20N2O2. The van der Waals surface area contributed by atoms with Crippen LogP contribution in [0.2, 0.25) is 0 Å². The van der Waals surface area contributed by atoms with Crippen molar-refractivity contribution in [2.24, 2.45) is 22.4 Å². The molecule has 0 bridgehead atoms. The van der Waals surface area contributed by atoms with Gasteiger partial charge in [-0.3, -0.25) is 4.79 Å². The van der Waals surface area contributed by atoms with Gasteiger partial charge in [0.2, 0.25) is 5.91 Å². The lowest BCUT2D eigenvalue weighted by molar-refractivity contribution is -0.123. The number of amides is 1. The standard InChI is InChI=1S/C16H20N2O2/c1-16-9-3-2-4-13(16)14(16)15(20)18-17-10-11-5-7-12(19)8-6-11/h5-8,10,13-14,19H,2-4,9H2,1H3,(H,18,20)/b17-10-/t13-,14-,16-/m0/s1. The first-order valence-electron chi connectivity index (χ1n) is 7.23. The van der Waals surface area contributed by atoms with Crippen LogP contribution in [0.3, 0.4) is 0 Å². The van der Waals surface area contributed by atoms with Crippen molar-refractivity contribution < 1.29 is 9.90 Å². The van der Waals surface area contributed by atoms with Crippen molar-refractivity contribution in [2.45, 2.75) is 32.6 Å². The SMILES string of the molecule is C[C@]12CCCC[C@H]1[C@H]2C(=O)N/N=C\c1ccc(O)cc1. The second kappa shape index (κ2) is 4.93. The van der Waals surface area contributed by atoms with Crippen LogP contribution in [0.4, 0.5) is 0 Å². The number of benzene rings is 1. The molecule has 2 aliphatic carbocycles. The number of aromatic hydroxyl groups is 1. The highest BCUT2D eigenvalue weighted by atomic mass is 16.3. The van der Waals surface area contributed by atoms with Gasteiger partial charge in [0.1, 0.15) is 5.75 Å².